The molecular formula is C64H131N3O10. The Morgan fingerprint density at radius 1 is 0.325 bits per heavy atom. The van der Waals surface area contributed by atoms with Crippen LogP contribution >= 0.6 is 0 Å². The van der Waals surface area contributed by atoms with Gasteiger partial charge in [0.1, 0.15) is 6.10 Å². The third-order valence-electron chi connectivity index (χ3n) is 14.7. The molecule has 0 bridgehead atoms. The minimum Gasteiger partial charge on any atom is -0.394 e. The van der Waals surface area contributed by atoms with Crippen LogP contribution in [0.15, 0.2) is 0 Å². The monoisotopic (exact) mass is 1100 g/mol. The lowest BCUT2D eigenvalue weighted by molar-refractivity contribution is -0.141. The van der Waals surface area contributed by atoms with Crippen LogP contribution in [-0.2, 0) is 14.4 Å². The van der Waals surface area contributed by atoms with E-state index >= 15 is 0 Å². The summed E-state index contributed by atoms with van der Waals surface area (Å²) in [7, 11) is 0. The molecule has 0 heterocycles. The summed E-state index contributed by atoms with van der Waals surface area (Å²) in [5.74, 6) is -0.308. The summed E-state index contributed by atoms with van der Waals surface area (Å²) in [6.45, 7) is 13.3. The fraction of sp³-hybridized carbons (Fsp3) is 0.953. The molecule has 0 saturated carbocycles. The Morgan fingerprint density at radius 3 is 0.779 bits per heavy atom. The Labute approximate surface area is 475 Å². The molecule has 0 aromatic heterocycles. The highest BCUT2D eigenvalue weighted by Gasteiger charge is 2.21. The lowest BCUT2D eigenvalue weighted by Gasteiger charge is -2.26. The standard InChI is InChI=1S/C23H47NO3.C22H45NO4.C19H39NO3/c1-3-5-6-7-8-9-10-11-12-13-14-15-16-17-19-24(20-22(26)21-25)23(27)18-4-2;1-3-4-5-6-7-8-9-10-11-12-13-14-15-16-17-23(18-21(26)19-24)22(27)20(2)25;1-3-4-5-6-7-8-9-10-11-12-13-14-15-20(18(2)22)16-19(23)17-21/h22,25-26H,3-21H2,1-2H3;20-21,24-26H,3-19H2,1-2H3;19,21,23H,3-17H2,1-2H3. The van der Waals surface area contributed by atoms with Gasteiger partial charge in [-0.3, -0.25) is 14.4 Å². The number of hydrogen-bond donors (Lipinski definition) is 7. The van der Waals surface area contributed by atoms with E-state index in [2.05, 4.69) is 20.8 Å². The first-order chi connectivity index (χ1) is 37.3. The van der Waals surface area contributed by atoms with E-state index < -0.39 is 24.4 Å². The first-order valence-corrected chi connectivity index (χ1v) is 32.7. The second kappa shape index (κ2) is 63.3. The number of carbonyl (C=O) groups is 3. The van der Waals surface area contributed by atoms with Crippen molar-refractivity contribution in [3.63, 3.8) is 0 Å². The van der Waals surface area contributed by atoms with E-state index in [1.54, 1.807) is 9.80 Å². The molecule has 77 heavy (non-hydrogen) atoms. The SMILES string of the molecule is CCCCCCCCCCCCCCCCN(CC(O)CO)C(=O)C(C)O.CCCCCCCCCCCCCCCCN(CC(O)CO)C(=O)CCC.CCCCCCCCCCCCCCN(CC(O)CO)C(C)=O. The molecule has 3 amide bonds. The number of unbranched alkanes of at least 4 members (excludes halogenated alkanes) is 37. The molecule has 4 unspecified atom stereocenters. The van der Waals surface area contributed by atoms with Crippen molar-refractivity contribution in [3.05, 3.63) is 0 Å². The van der Waals surface area contributed by atoms with Crippen molar-refractivity contribution < 1.29 is 50.1 Å². The summed E-state index contributed by atoms with van der Waals surface area (Å²) in [6.07, 6.45) is 49.7. The molecule has 4 atom stereocenters. The number of amides is 3. The molecule has 0 aliphatic rings. The van der Waals surface area contributed by atoms with Crippen molar-refractivity contribution in [3.8, 4) is 0 Å². The summed E-state index contributed by atoms with van der Waals surface area (Å²) in [5.41, 5.74) is 0. The molecule has 7 N–H and O–H groups in total. The van der Waals surface area contributed by atoms with Gasteiger partial charge in [-0.2, -0.15) is 0 Å². The van der Waals surface area contributed by atoms with E-state index in [4.69, 9.17) is 15.3 Å². The maximum atomic E-state index is 12.1. The average molecular weight is 1100 g/mol. The summed E-state index contributed by atoms with van der Waals surface area (Å²) in [4.78, 5) is 40.3. The lowest BCUT2D eigenvalue weighted by Crippen LogP contribution is -2.43. The maximum Gasteiger partial charge on any atom is 0.251 e. The van der Waals surface area contributed by atoms with E-state index in [1.165, 1.54) is 231 Å². The Bertz CT molecular complexity index is 1220. The van der Waals surface area contributed by atoms with Gasteiger partial charge in [-0.1, -0.05) is 265 Å². The summed E-state index contributed by atoms with van der Waals surface area (Å²) in [6, 6.07) is 0. The van der Waals surface area contributed by atoms with Crippen LogP contribution < -0.4 is 0 Å². The number of aliphatic hydroxyl groups excluding tert-OH is 7. The Morgan fingerprint density at radius 2 is 0.545 bits per heavy atom. The molecule has 462 valence electrons. The van der Waals surface area contributed by atoms with E-state index in [0.29, 0.717) is 26.1 Å². The molecule has 0 aliphatic carbocycles. The van der Waals surface area contributed by atoms with Gasteiger partial charge in [0.2, 0.25) is 11.8 Å². The van der Waals surface area contributed by atoms with Crippen LogP contribution in [0.25, 0.3) is 0 Å². The minimum atomic E-state index is -1.07. The average Bonchev–Trinajstić information content (AvgIpc) is 3.42. The van der Waals surface area contributed by atoms with Crippen molar-refractivity contribution in [1.29, 1.82) is 0 Å². The van der Waals surface area contributed by atoms with Crippen molar-refractivity contribution in [2.75, 3.05) is 59.1 Å². The van der Waals surface area contributed by atoms with Crippen LogP contribution in [0.4, 0.5) is 0 Å². The van der Waals surface area contributed by atoms with Crippen molar-refractivity contribution in [2.45, 2.75) is 336 Å². The summed E-state index contributed by atoms with van der Waals surface area (Å²) < 4.78 is 0. The lowest BCUT2D eigenvalue weighted by atomic mass is 10.0. The molecule has 0 fully saturated rings. The maximum absolute atomic E-state index is 12.1. The molecule has 13 nitrogen and oxygen atoms in total. The highest BCUT2D eigenvalue weighted by atomic mass is 16.3. The number of nitrogens with zero attached hydrogens (tertiary/aromatic N) is 3. The Kier molecular flexibility index (Phi) is 65.3. The molecule has 0 saturated heterocycles. The van der Waals surface area contributed by atoms with Crippen molar-refractivity contribution in [2.24, 2.45) is 0 Å². The third-order valence-corrected chi connectivity index (χ3v) is 14.7. The van der Waals surface area contributed by atoms with Gasteiger partial charge in [0.05, 0.1) is 38.1 Å². The molecule has 0 rings (SSSR count). The van der Waals surface area contributed by atoms with Crippen LogP contribution in [0.1, 0.15) is 311 Å². The molecule has 13 heteroatoms. The van der Waals surface area contributed by atoms with Crippen molar-refractivity contribution in [1.82, 2.24) is 14.7 Å². The summed E-state index contributed by atoms with van der Waals surface area (Å²) >= 11 is 0. The van der Waals surface area contributed by atoms with Gasteiger partial charge in [0, 0.05) is 52.6 Å². The second-order valence-electron chi connectivity index (χ2n) is 22.6. The largest absolute Gasteiger partial charge is 0.394 e. The van der Waals surface area contributed by atoms with Gasteiger partial charge in [-0.05, 0) is 32.6 Å². The van der Waals surface area contributed by atoms with Gasteiger partial charge >= 0.3 is 0 Å². The van der Waals surface area contributed by atoms with Crippen LogP contribution in [0.3, 0.4) is 0 Å². The molecule has 0 aromatic rings. The van der Waals surface area contributed by atoms with Gasteiger partial charge in [-0.25, -0.2) is 0 Å². The fourth-order valence-corrected chi connectivity index (χ4v) is 9.70. The van der Waals surface area contributed by atoms with Crippen LogP contribution in [0.2, 0.25) is 0 Å². The van der Waals surface area contributed by atoms with Crippen molar-refractivity contribution >= 4 is 17.7 Å². The highest BCUT2D eigenvalue weighted by Crippen LogP contribution is 2.17. The summed E-state index contributed by atoms with van der Waals surface area (Å²) in [5, 5.41) is 64.8. The fourth-order valence-electron chi connectivity index (χ4n) is 9.70. The smallest absolute Gasteiger partial charge is 0.251 e. The predicted molar refractivity (Wildman–Crippen MR) is 323 cm³/mol. The van der Waals surface area contributed by atoms with Crippen LogP contribution in [-0.4, -0.2) is 152 Å². The minimum absolute atomic E-state index is 0.0272. The normalized spacial score (nSPS) is 12.7. The van der Waals surface area contributed by atoms with Gasteiger partial charge in [0.15, 0.2) is 0 Å². The topological polar surface area (TPSA) is 203 Å². The molecule has 0 aromatic carbocycles. The predicted octanol–water partition coefficient (Wildman–Crippen LogP) is 13.4. The second-order valence-corrected chi connectivity index (χ2v) is 22.6. The zero-order chi connectivity index (χ0) is 57.8. The molecule has 0 aliphatic heterocycles. The molecular weight excluding hydrogens is 971 g/mol. The quantitative estimate of drug-likeness (QED) is 0.0287. The number of hydrogen-bond acceptors (Lipinski definition) is 10. The van der Waals surface area contributed by atoms with E-state index in [-0.39, 0.29) is 57.2 Å². The first-order valence-electron chi connectivity index (χ1n) is 32.7. The van der Waals surface area contributed by atoms with Crippen LogP contribution in [0.5, 0.6) is 0 Å². The van der Waals surface area contributed by atoms with Gasteiger partial charge in [-0.15, -0.1) is 0 Å². The van der Waals surface area contributed by atoms with E-state index in [0.717, 1.165) is 51.4 Å². The van der Waals surface area contributed by atoms with E-state index in [9.17, 15) is 34.8 Å². The number of rotatable bonds is 55. The van der Waals surface area contributed by atoms with Gasteiger partial charge in [0.25, 0.3) is 5.91 Å². The van der Waals surface area contributed by atoms with Gasteiger partial charge < -0.3 is 50.4 Å². The molecule has 0 radical (unpaired) electrons. The Balaban J connectivity index is -0.00000107. The number of carbonyl (C=O) groups excluding carboxylic acids is 3. The highest BCUT2D eigenvalue weighted by molar-refractivity contribution is 5.80. The third kappa shape index (κ3) is 58.6. The van der Waals surface area contributed by atoms with Crippen LogP contribution in [0, 0.1) is 0 Å². The number of aliphatic hydroxyl groups is 7. The first kappa shape index (κ1) is 79.4. The van der Waals surface area contributed by atoms with E-state index in [1.807, 2.05) is 6.92 Å². The zero-order valence-electron chi connectivity index (χ0n) is 51.6. The molecule has 0 spiro atoms. The Hall–Kier alpha value is -1.87. The zero-order valence-corrected chi connectivity index (χ0v) is 51.6.